The molecule has 1 aliphatic carbocycles. The average molecular weight is 348 g/mol. The van der Waals surface area contributed by atoms with Gasteiger partial charge in [-0.2, -0.15) is 17.6 Å². The van der Waals surface area contributed by atoms with Crippen molar-refractivity contribution in [3.8, 4) is 11.1 Å². The van der Waals surface area contributed by atoms with E-state index in [2.05, 4.69) is 4.74 Å². The van der Waals surface area contributed by atoms with E-state index in [4.69, 9.17) is 0 Å². The molecular weight excluding hydrogens is 332 g/mol. The lowest BCUT2D eigenvalue weighted by Crippen LogP contribution is -2.45. The molecule has 5 heteroatoms. The molecule has 0 bridgehead atoms. The molecule has 0 unspecified atom stereocenters. The van der Waals surface area contributed by atoms with Gasteiger partial charge in [0.1, 0.15) is 0 Å². The van der Waals surface area contributed by atoms with Crippen LogP contribution in [0.4, 0.5) is 17.6 Å². The number of alkyl halides is 4. The fourth-order valence-electron chi connectivity index (χ4n) is 2.74. The van der Waals surface area contributed by atoms with Crippen LogP contribution >= 0.6 is 0 Å². The van der Waals surface area contributed by atoms with E-state index in [1.54, 1.807) is 12.1 Å². The standard InChI is InChI=1S/C20H16F4O/c1-2-25-18-13-12-17(19(21,22)20(18,23)24)16-10-8-15(9-11-16)14-6-4-3-5-7-14/h3-13H,2H2,1H3. The van der Waals surface area contributed by atoms with Gasteiger partial charge in [-0.25, -0.2) is 0 Å². The maximum absolute atomic E-state index is 14.4. The minimum absolute atomic E-state index is 0.0520. The summed E-state index contributed by atoms with van der Waals surface area (Å²) in [5.74, 6) is -9.74. The third-order valence-corrected chi connectivity index (χ3v) is 4.05. The summed E-state index contributed by atoms with van der Waals surface area (Å²) in [6.45, 7) is 1.36. The molecule has 0 fully saturated rings. The van der Waals surface area contributed by atoms with Crippen LogP contribution in [0.3, 0.4) is 0 Å². The second-order valence-corrected chi connectivity index (χ2v) is 5.64. The Balaban J connectivity index is 1.98. The second-order valence-electron chi connectivity index (χ2n) is 5.64. The lowest BCUT2D eigenvalue weighted by atomic mass is 9.89. The third kappa shape index (κ3) is 2.95. The van der Waals surface area contributed by atoms with E-state index in [9.17, 15) is 17.6 Å². The van der Waals surface area contributed by atoms with Crippen molar-refractivity contribution in [3.05, 3.63) is 78.1 Å². The molecule has 0 amide bonds. The molecule has 25 heavy (non-hydrogen) atoms. The van der Waals surface area contributed by atoms with Crippen LogP contribution in [0.5, 0.6) is 0 Å². The van der Waals surface area contributed by atoms with E-state index < -0.39 is 23.2 Å². The summed E-state index contributed by atoms with van der Waals surface area (Å²) in [5, 5.41) is 0. The predicted molar refractivity (Wildman–Crippen MR) is 89.5 cm³/mol. The zero-order valence-corrected chi connectivity index (χ0v) is 13.5. The molecule has 0 radical (unpaired) electrons. The first-order valence-corrected chi connectivity index (χ1v) is 7.85. The summed E-state index contributed by atoms with van der Waals surface area (Å²) >= 11 is 0. The molecule has 0 spiro atoms. The van der Waals surface area contributed by atoms with E-state index in [0.717, 1.165) is 23.3 Å². The molecular formula is C20H16F4O. The Morgan fingerprint density at radius 1 is 0.720 bits per heavy atom. The number of ether oxygens (including phenoxy) is 1. The lowest BCUT2D eigenvalue weighted by molar-refractivity contribution is -0.171. The van der Waals surface area contributed by atoms with Crippen LogP contribution in [0, 0.1) is 0 Å². The van der Waals surface area contributed by atoms with Gasteiger partial charge in [0.25, 0.3) is 0 Å². The summed E-state index contributed by atoms with van der Waals surface area (Å²) < 4.78 is 61.7. The first kappa shape index (κ1) is 17.3. The Labute approximate surface area is 143 Å². The van der Waals surface area contributed by atoms with E-state index in [1.165, 1.54) is 19.1 Å². The summed E-state index contributed by atoms with van der Waals surface area (Å²) in [6, 6.07) is 15.5. The van der Waals surface area contributed by atoms with Crippen molar-refractivity contribution >= 4 is 5.57 Å². The Morgan fingerprint density at radius 3 is 1.88 bits per heavy atom. The van der Waals surface area contributed by atoms with E-state index in [0.29, 0.717) is 0 Å². The van der Waals surface area contributed by atoms with Crippen LogP contribution in [0.2, 0.25) is 0 Å². The number of halogens is 4. The Morgan fingerprint density at radius 2 is 1.28 bits per heavy atom. The predicted octanol–water partition coefficient (Wildman–Crippen LogP) is 5.94. The van der Waals surface area contributed by atoms with Crippen LogP contribution in [-0.4, -0.2) is 18.5 Å². The SMILES string of the molecule is CCOC1=CC=C(c2ccc(-c3ccccc3)cc2)C(F)(F)C1(F)F. The smallest absolute Gasteiger partial charge is 0.370 e. The van der Waals surface area contributed by atoms with Gasteiger partial charge in [0.2, 0.25) is 0 Å². The molecule has 0 heterocycles. The zero-order valence-electron chi connectivity index (χ0n) is 13.5. The molecule has 2 aromatic carbocycles. The van der Waals surface area contributed by atoms with Crippen molar-refractivity contribution in [2.75, 3.05) is 6.61 Å². The normalized spacial score (nSPS) is 18.3. The number of rotatable bonds is 4. The first-order chi connectivity index (χ1) is 11.9. The highest BCUT2D eigenvalue weighted by Gasteiger charge is 2.63. The Kier molecular flexibility index (Phi) is 4.41. The molecule has 0 saturated carbocycles. The molecule has 1 nitrogen and oxygen atoms in total. The fraction of sp³-hybridized carbons (Fsp3) is 0.200. The maximum Gasteiger partial charge on any atom is 0.370 e. The number of allylic oxidation sites excluding steroid dienone is 4. The minimum Gasteiger partial charge on any atom is -0.492 e. The molecule has 2 aromatic rings. The molecule has 0 aromatic heterocycles. The molecule has 3 rings (SSSR count). The summed E-state index contributed by atoms with van der Waals surface area (Å²) in [6.07, 6.45) is 1.92. The van der Waals surface area contributed by atoms with Crippen molar-refractivity contribution in [3.63, 3.8) is 0 Å². The average Bonchev–Trinajstić information content (AvgIpc) is 2.61. The zero-order chi connectivity index (χ0) is 18.1. The largest absolute Gasteiger partial charge is 0.492 e. The number of hydrogen-bond donors (Lipinski definition) is 0. The van der Waals surface area contributed by atoms with Crippen molar-refractivity contribution < 1.29 is 22.3 Å². The van der Waals surface area contributed by atoms with Crippen LogP contribution in [0.15, 0.2) is 72.5 Å². The number of hydrogen-bond acceptors (Lipinski definition) is 1. The third-order valence-electron chi connectivity index (χ3n) is 4.05. The molecule has 0 N–H and O–H groups in total. The molecule has 0 atom stereocenters. The van der Waals surface area contributed by atoms with Crippen LogP contribution < -0.4 is 0 Å². The van der Waals surface area contributed by atoms with Crippen LogP contribution in [-0.2, 0) is 4.74 Å². The molecule has 130 valence electrons. The monoisotopic (exact) mass is 348 g/mol. The highest BCUT2D eigenvalue weighted by molar-refractivity contribution is 5.77. The maximum atomic E-state index is 14.4. The summed E-state index contributed by atoms with van der Waals surface area (Å²) in [7, 11) is 0. The highest BCUT2D eigenvalue weighted by Crippen LogP contribution is 2.50. The van der Waals surface area contributed by atoms with E-state index in [-0.39, 0.29) is 12.2 Å². The molecule has 0 saturated heterocycles. The van der Waals surface area contributed by atoms with Crippen LogP contribution in [0.25, 0.3) is 16.7 Å². The van der Waals surface area contributed by atoms with Crippen molar-refractivity contribution in [1.82, 2.24) is 0 Å². The van der Waals surface area contributed by atoms with Gasteiger partial charge < -0.3 is 4.74 Å². The Bertz CT molecular complexity index is 805. The second kappa shape index (κ2) is 6.39. The van der Waals surface area contributed by atoms with Crippen molar-refractivity contribution in [2.45, 2.75) is 18.8 Å². The number of benzene rings is 2. The lowest BCUT2D eigenvalue weighted by Gasteiger charge is -2.32. The van der Waals surface area contributed by atoms with Crippen molar-refractivity contribution in [1.29, 1.82) is 0 Å². The van der Waals surface area contributed by atoms with Gasteiger partial charge in [-0.15, -0.1) is 0 Å². The topological polar surface area (TPSA) is 9.23 Å². The van der Waals surface area contributed by atoms with E-state index >= 15 is 0 Å². The van der Waals surface area contributed by atoms with Crippen LogP contribution in [0.1, 0.15) is 12.5 Å². The quantitative estimate of drug-likeness (QED) is 0.621. The highest BCUT2D eigenvalue weighted by atomic mass is 19.3. The molecule has 1 aliphatic rings. The summed E-state index contributed by atoms with van der Waals surface area (Å²) in [4.78, 5) is 0. The van der Waals surface area contributed by atoms with E-state index in [1.807, 2.05) is 30.3 Å². The van der Waals surface area contributed by atoms with Gasteiger partial charge in [0, 0.05) is 5.57 Å². The van der Waals surface area contributed by atoms with Gasteiger partial charge in [0.15, 0.2) is 5.76 Å². The fourth-order valence-corrected chi connectivity index (χ4v) is 2.74. The van der Waals surface area contributed by atoms with Gasteiger partial charge in [-0.05, 0) is 35.8 Å². The van der Waals surface area contributed by atoms with Gasteiger partial charge in [-0.1, -0.05) is 54.6 Å². The molecule has 0 aliphatic heterocycles. The van der Waals surface area contributed by atoms with Gasteiger partial charge >= 0.3 is 11.8 Å². The van der Waals surface area contributed by atoms with Crippen molar-refractivity contribution in [2.24, 2.45) is 0 Å². The Hall–Kier alpha value is -2.56. The van der Waals surface area contributed by atoms with Gasteiger partial charge in [0.05, 0.1) is 6.61 Å². The van der Waals surface area contributed by atoms with Gasteiger partial charge in [-0.3, -0.25) is 0 Å². The summed E-state index contributed by atoms with van der Waals surface area (Å²) in [5.41, 5.74) is 1.07. The first-order valence-electron chi connectivity index (χ1n) is 7.85. The minimum atomic E-state index is -4.38.